The maximum Gasteiger partial charge on any atom is 0.267 e. The standard InChI is InChI=1S/C28H27FN4O2/c1-19(20-7-3-2-4-8-20)18-30-26(34)21-9-14-24-25(17-21)31-28(32-15-5-6-16-32)33(27(24)35)23-12-10-22(29)11-13-23/h2-4,7-14,17,19H,5-6,15-16,18H2,1H3,(H,30,34)/t19-/m1/s1. The van der Waals surface area contributed by atoms with Gasteiger partial charge in [0.15, 0.2) is 0 Å². The zero-order chi connectivity index (χ0) is 24.4. The Hall–Kier alpha value is -4.00. The maximum atomic E-state index is 13.5. The minimum Gasteiger partial charge on any atom is -0.351 e. The molecule has 0 saturated carbocycles. The summed E-state index contributed by atoms with van der Waals surface area (Å²) in [7, 11) is 0. The molecule has 1 fully saturated rings. The van der Waals surface area contributed by atoms with E-state index in [1.54, 1.807) is 30.3 Å². The summed E-state index contributed by atoms with van der Waals surface area (Å²) in [6.07, 6.45) is 2.03. The van der Waals surface area contributed by atoms with Crippen LogP contribution in [-0.2, 0) is 0 Å². The molecule has 4 aromatic rings. The Morgan fingerprint density at radius 2 is 1.74 bits per heavy atom. The number of halogens is 1. The van der Waals surface area contributed by atoms with E-state index >= 15 is 0 Å². The van der Waals surface area contributed by atoms with Gasteiger partial charge in [0.2, 0.25) is 5.95 Å². The largest absolute Gasteiger partial charge is 0.351 e. The lowest BCUT2D eigenvalue weighted by Crippen LogP contribution is -2.31. The first-order chi connectivity index (χ1) is 17.0. The van der Waals surface area contributed by atoms with E-state index in [0.717, 1.165) is 31.5 Å². The third kappa shape index (κ3) is 4.67. The molecule has 1 aliphatic heterocycles. The second-order valence-electron chi connectivity index (χ2n) is 8.98. The lowest BCUT2D eigenvalue weighted by atomic mass is 10.0. The second-order valence-corrected chi connectivity index (χ2v) is 8.98. The monoisotopic (exact) mass is 470 g/mol. The van der Waals surface area contributed by atoms with E-state index < -0.39 is 0 Å². The number of aromatic nitrogens is 2. The number of carbonyl (C=O) groups excluding carboxylic acids is 1. The van der Waals surface area contributed by atoms with Gasteiger partial charge in [0.1, 0.15) is 5.82 Å². The van der Waals surface area contributed by atoms with Crippen LogP contribution >= 0.6 is 0 Å². The fourth-order valence-corrected chi connectivity index (χ4v) is 4.51. The highest BCUT2D eigenvalue weighted by atomic mass is 19.1. The van der Waals surface area contributed by atoms with E-state index in [1.807, 2.05) is 30.3 Å². The summed E-state index contributed by atoms with van der Waals surface area (Å²) in [5.74, 6) is 0.114. The van der Waals surface area contributed by atoms with Crippen molar-refractivity contribution in [1.82, 2.24) is 14.9 Å². The molecule has 0 unspecified atom stereocenters. The molecule has 0 spiro atoms. The van der Waals surface area contributed by atoms with Gasteiger partial charge in [-0.3, -0.25) is 9.59 Å². The van der Waals surface area contributed by atoms with Crippen molar-refractivity contribution < 1.29 is 9.18 Å². The van der Waals surface area contributed by atoms with E-state index in [-0.39, 0.29) is 23.2 Å². The molecule has 0 bridgehead atoms. The first-order valence-electron chi connectivity index (χ1n) is 11.9. The van der Waals surface area contributed by atoms with Crippen LogP contribution in [0.4, 0.5) is 10.3 Å². The van der Waals surface area contributed by atoms with Crippen molar-refractivity contribution in [3.05, 3.63) is 100 Å². The third-order valence-corrected chi connectivity index (χ3v) is 6.53. The minimum absolute atomic E-state index is 0.170. The van der Waals surface area contributed by atoms with Crippen LogP contribution in [0.25, 0.3) is 16.6 Å². The first-order valence-corrected chi connectivity index (χ1v) is 11.9. The molecule has 3 aromatic carbocycles. The van der Waals surface area contributed by atoms with Gasteiger partial charge in [0.05, 0.1) is 16.6 Å². The van der Waals surface area contributed by atoms with E-state index in [9.17, 15) is 14.0 Å². The van der Waals surface area contributed by atoms with Crippen LogP contribution in [0.5, 0.6) is 0 Å². The van der Waals surface area contributed by atoms with Gasteiger partial charge in [-0.15, -0.1) is 0 Å². The molecule has 1 aliphatic rings. The molecule has 1 N–H and O–H groups in total. The molecule has 35 heavy (non-hydrogen) atoms. The quantitative estimate of drug-likeness (QED) is 0.445. The summed E-state index contributed by atoms with van der Waals surface area (Å²) in [5, 5.41) is 3.40. The SMILES string of the molecule is C[C@H](CNC(=O)c1ccc2c(=O)n(-c3ccc(F)cc3)c(N3CCCC3)nc2c1)c1ccccc1. The number of hydrogen-bond acceptors (Lipinski definition) is 4. The van der Waals surface area contributed by atoms with Crippen molar-refractivity contribution in [3.8, 4) is 5.69 Å². The number of fused-ring (bicyclic) bond motifs is 1. The van der Waals surface area contributed by atoms with Crippen molar-refractivity contribution in [2.24, 2.45) is 0 Å². The van der Waals surface area contributed by atoms with Gasteiger partial charge in [-0.2, -0.15) is 0 Å². The van der Waals surface area contributed by atoms with Gasteiger partial charge in [0.25, 0.3) is 11.5 Å². The normalized spacial score (nSPS) is 14.3. The Morgan fingerprint density at radius 1 is 1.03 bits per heavy atom. The fraction of sp³-hybridized carbons (Fsp3) is 0.250. The molecule has 0 aliphatic carbocycles. The number of hydrogen-bond donors (Lipinski definition) is 1. The van der Waals surface area contributed by atoms with E-state index in [2.05, 4.69) is 17.1 Å². The average Bonchev–Trinajstić information content (AvgIpc) is 3.43. The predicted molar refractivity (Wildman–Crippen MR) is 136 cm³/mol. The van der Waals surface area contributed by atoms with Gasteiger partial charge in [-0.1, -0.05) is 37.3 Å². The molecule has 1 amide bonds. The second kappa shape index (κ2) is 9.70. The van der Waals surface area contributed by atoms with Crippen molar-refractivity contribution in [2.75, 3.05) is 24.5 Å². The summed E-state index contributed by atoms with van der Waals surface area (Å²) < 4.78 is 15.1. The van der Waals surface area contributed by atoms with Crippen LogP contribution in [0.2, 0.25) is 0 Å². The van der Waals surface area contributed by atoms with Gasteiger partial charge in [-0.25, -0.2) is 13.9 Å². The number of benzene rings is 3. The molecule has 2 heterocycles. The Balaban J connectivity index is 1.48. The summed E-state index contributed by atoms with van der Waals surface area (Å²) in [6, 6.07) is 20.8. The summed E-state index contributed by atoms with van der Waals surface area (Å²) in [5.41, 5.74) is 2.40. The lowest BCUT2D eigenvalue weighted by Gasteiger charge is -2.22. The highest BCUT2D eigenvalue weighted by Gasteiger charge is 2.22. The average molecular weight is 471 g/mol. The summed E-state index contributed by atoms with van der Waals surface area (Å²) in [6.45, 7) is 4.14. The topological polar surface area (TPSA) is 67.2 Å². The van der Waals surface area contributed by atoms with Crippen molar-refractivity contribution in [3.63, 3.8) is 0 Å². The first kappa shape index (κ1) is 22.8. The van der Waals surface area contributed by atoms with Crippen LogP contribution < -0.4 is 15.8 Å². The molecule has 1 saturated heterocycles. The Bertz CT molecular complexity index is 1410. The van der Waals surface area contributed by atoms with Gasteiger partial charge in [0, 0.05) is 25.2 Å². The van der Waals surface area contributed by atoms with Crippen LogP contribution in [0.15, 0.2) is 77.6 Å². The Morgan fingerprint density at radius 3 is 2.46 bits per heavy atom. The lowest BCUT2D eigenvalue weighted by molar-refractivity contribution is 0.0951. The molecule has 178 valence electrons. The molecular weight excluding hydrogens is 443 g/mol. The number of nitrogens with one attached hydrogen (secondary N) is 1. The molecule has 5 rings (SSSR count). The molecule has 7 heteroatoms. The summed E-state index contributed by atoms with van der Waals surface area (Å²) in [4.78, 5) is 33.3. The molecule has 0 radical (unpaired) electrons. The molecule has 6 nitrogen and oxygen atoms in total. The Kier molecular flexibility index (Phi) is 6.31. The van der Waals surface area contributed by atoms with Crippen molar-refractivity contribution in [2.45, 2.75) is 25.7 Å². The van der Waals surface area contributed by atoms with Gasteiger partial charge in [-0.05, 0) is 66.8 Å². The number of nitrogens with zero attached hydrogens (tertiary/aromatic N) is 3. The molecule has 1 aromatic heterocycles. The zero-order valence-corrected chi connectivity index (χ0v) is 19.6. The van der Waals surface area contributed by atoms with E-state index in [1.165, 1.54) is 16.7 Å². The van der Waals surface area contributed by atoms with Crippen LogP contribution in [0.3, 0.4) is 0 Å². The Labute approximate surface area is 203 Å². The summed E-state index contributed by atoms with van der Waals surface area (Å²) >= 11 is 0. The minimum atomic E-state index is -0.365. The van der Waals surface area contributed by atoms with Crippen molar-refractivity contribution in [1.29, 1.82) is 0 Å². The van der Waals surface area contributed by atoms with Crippen LogP contribution in [-0.4, -0.2) is 35.1 Å². The number of amides is 1. The van der Waals surface area contributed by atoms with Gasteiger partial charge < -0.3 is 10.2 Å². The highest BCUT2D eigenvalue weighted by Crippen LogP contribution is 2.24. The predicted octanol–water partition coefficient (Wildman–Crippen LogP) is 4.66. The number of rotatable bonds is 6. The van der Waals surface area contributed by atoms with Crippen LogP contribution in [0.1, 0.15) is 41.6 Å². The van der Waals surface area contributed by atoms with E-state index in [0.29, 0.717) is 34.6 Å². The van der Waals surface area contributed by atoms with Crippen LogP contribution in [0, 0.1) is 5.82 Å². The zero-order valence-electron chi connectivity index (χ0n) is 19.6. The van der Waals surface area contributed by atoms with E-state index in [4.69, 9.17) is 4.98 Å². The third-order valence-electron chi connectivity index (χ3n) is 6.53. The number of carbonyl (C=O) groups is 1. The van der Waals surface area contributed by atoms with Crippen molar-refractivity contribution >= 4 is 22.8 Å². The molecule has 1 atom stereocenters. The maximum absolute atomic E-state index is 13.5. The fourth-order valence-electron chi connectivity index (χ4n) is 4.51. The number of anilines is 1. The van der Waals surface area contributed by atoms with Gasteiger partial charge >= 0.3 is 0 Å². The highest BCUT2D eigenvalue weighted by molar-refractivity contribution is 5.97. The smallest absolute Gasteiger partial charge is 0.267 e. The molecular formula is C28H27FN4O2.